The van der Waals surface area contributed by atoms with Gasteiger partial charge < -0.3 is 5.11 Å². The number of aliphatic hydroxyl groups is 1. The van der Waals surface area contributed by atoms with Crippen molar-refractivity contribution in [3.05, 3.63) is 34.3 Å². The van der Waals surface area contributed by atoms with Gasteiger partial charge in [0, 0.05) is 4.47 Å². The van der Waals surface area contributed by atoms with E-state index in [2.05, 4.69) is 34.1 Å². The van der Waals surface area contributed by atoms with Crippen molar-refractivity contribution in [3.8, 4) is 0 Å². The van der Waals surface area contributed by atoms with Crippen LogP contribution in [0.1, 0.15) is 38.2 Å². The van der Waals surface area contributed by atoms with Crippen LogP contribution in [0.5, 0.6) is 0 Å². The van der Waals surface area contributed by atoms with Crippen molar-refractivity contribution in [1.82, 2.24) is 0 Å². The third kappa shape index (κ3) is 2.67. The maximum absolute atomic E-state index is 10.4. The molecule has 0 aliphatic heterocycles. The molecule has 0 radical (unpaired) electrons. The van der Waals surface area contributed by atoms with Crippen LogP contribution >= 0.6 is 15.9 Å². The minimum Gasteiger partial charge on any atom is -0.390 e. The highest BCUT2D eigenvalue weighted by Crippen LogP contribution is 2.36. The fourth-order valence-corrected chi connectivity index (χ4v) is 3.09. The molecular weight excluding hydrogens is 264 g/mol. The summed E-state index contributed by atoms with van der Waals surface area (Å²) in [5.41, 5.74) is 0.836. The fraction of sp³-hybridized carbons (Fsp3) is 0.571. The van der Waals surface area contributed by atoms with Crippen LogP contribution in [0.15, 0.2) is 28.7 Å². The van der Waals surface area contributed by atoms with Gasteiger partial charge in [0.05, 0.1) is 5.60 Å². The standard InChI is InChI=1S/C14H19BrO/c1-14(16)9-5-4-7-12(14)10-11-6-2-3-8-13(11)15/h2-3,6,8,12,16H,4-5,7,9-10H2,1H3/t12-,14-/m0/s1. The maximum Gasteiger partial charge on any atom is 0.0651 e. The molecule has 2 rings (SSSR count). The highest BCUT2D eigenvalue weighted by molar-refractivity contribution is 9.10. The zero-order valence-corrected chi connectivity index (χ0v) is 11.3. The monoisotopic (exact) mass is 282 g/mol. The number of hydrogen-bond donors (Lipinski definition) is 1. The lowest BCUT2D eigenvalue weighted by Crippen LogP contribution is -2.38. The van der Waals surface area contributed by atoms with E-state index in [9.17, 15) is 5.11 Å². The Balaban J connectivity index is 2.12. The first-order valence-corrected chi connectivity index (χ1v) is 6.85. The Hall–Kier alpha value is -0.340. The van der Waals surface area contributed by atoms with Crippen LogP contribution in [-0.2, 0) is 6.42 Å². The molecule has 0 aromatic heterocycles. The van der Waals surface area contributed by atoms with Crippen molar-refractivity contribution in [3.63, 3.8) is 0 Å². The van der Waals surface area contributed by atoms with Crippen molar-refractivity contribution in [2.45, 2.75) is 44.6 Å². The number of rotatable bonds is 2. The predicted molar refractivity (Wildman–Crippen MR) is 70.4 cm³/mol. The van der Waals surface area contributed by atoms with Crippen molar-refractivity contribution in [2.24, 2.45) is 5.92 Å². The van der Waals surface area contributed by atoms with Gasteiger partial charge >= 0.3 is 0 Å². The molecule has 16 heavy (non-hydrogen) atoms. The molecule has 0 saturated heterocycles. The van der Waals surface area contributed by atoms with Gasteiger partial charge in [-0.3, -0.25) is 0 Å². The molecule has 1 fully saturated rings. The molecule has 88 valence electrons. The molecule has 1 N–H and O–H groups in total. The highest BCUT2D eigenvalue weighted by Gasteiger charge is 2.34. The van der Waals surface area contributed by atoms with Gasteiger partial charge in [-0.25, -0.2) is 0 Å². The highest BCUT2D eigenvalue weighted by atomic mass is 79.9. The summed E-state index contributed by atoms with van der Waals surface area (Å²) in [4.78, 5) is 0. The van der Waals surface area contributed by atoms with Crippen LogP contribution in [0.4, 0.5) is 0 Å². The molecule has 1 nitrogen and oxygen atoms in total. The molecule has 2 heteroatoms. The molecular formula is C14H19BrO. The second kappa shape index (κ2) is 4.89. The third-order valence-electron chi connectivity index (χ3n) is 3.79. The molecule has 1 saturated carbocycles. The summed E-state index contributed by atoms with van der Waals surface area (Å²) in [5, 5.41) is 10.4. The second-order valence-electron chi connectivity index (χ2n) is 5.10. The maximum atomic E-state index is 10.4. The van der Waals surface area contributed by atoms with E-state index in [1.54, 1.807) is 0 Å². The lowest BCUT2D eigenvalue weighted by Gasteiger charge is -2.37. The Morgan fingerprint density at radius 2 is 2.12 bits per heavy atom. The largest absolute Gasteiger partial charge is 0.390 e. The van der Waals surface area contributed by atoms with Gasteiger partial charge in [0.25, 0.3) is 0 Å². The molecule has 1 aliphatic carbocycles. The lowest BCUT2D eigenvalue weighted by molar-refractivity contribution is -0.0314. The van der Waals surface area contributed by atoms with Gasteiger partial charge in [-0.05, 0) is 43.7 Å². The summed E-state index contributed by atoms with van der Waals surface area (Å²) >= 11 is 3.58. The Morgan fingerprint density at radius 1 is 1.38 bits per heavy atom. The van der Waals surface area contributed by atoms with Crippen molar-refractivity contribution < 1.29 is 5.11 Å². The summed E-state index contributed by atoms with van der Waals surface area (Å²) in [7, 11) is 0. The topological polar surface area (TPSA) is 20.2 Å². The van der Waals surface area contributed by atoms with E-state index < -0.39 is 5.60 Å². The smallest absolute Gasteiger partial charge is 0.0651 e. The molecule has 2 atom stereocenters. The average molecular weight is 283 g/mol. The Bertz CT molecular complexity index is 360. The molecule has 0 bridgehead atoms. The van der Waals surface area contributed by atoms with Gasteiger partial charge in [0.1, 0.15) is 0 Å². The molecule has 1 aliphatic rings. The van der Waals surface area contributed by atoms with E-state index in [-0.39, 0.29) is 0 Å². The van der Waals surface area contributed by atoms with Crippen LogP contribution in [-0.4, -0.2) is 10.7 Å². The molecule has 1 aromatic carbocycles. The van der Waals surface area contributed by atoms with Gasteiger partial charge in [0.2, 0.25) is 0 Å². The van der Waals surface area contributed by atoms with E-state index in [1.807, 2.05) is 13.0 Å². The number of benzene rings is 1. The van der Waals surface area contributed by atoms with Crippen molar-refractivity contribution in [2.75, 3.05) is 0 Å². The first kappa shape index (κ1) is 12.1. The molecule has 0 unspecified atom stereocenters. The Kier molecular flexibility index (Phi) is 3.70. The number of halogens is 1. The second-order valence-corrected chi connectivity index (χ2v) is 5.95. The zero-order chi connectivity index (χ0) is 11.6. The Morgan fingerprint density at radius 3 is 2.81 bits per heavy atom. The Labute approximate surface area is 106 Å². The minimum atomic E-state index is -0.479. The van der Waals surface area contributed by atoms with Gasteiger partial charge in [-0.15, -0.1) is 0 Å². The number of hydrogen-bond acceptors (Lipinski definition) is 1. The average Bonchev–Trinajstić information content (AvgIpc) is 2.24. The summed E-state index contributed by atoms with van der Waals surface area (Å²) in [5.74, 6) is 0.403. The predicted octanol–water partition coefficient (Wildman–Crippen LogP) is 3.93. The van der Waals surface area contributed by atoms with Gasteiger partial charge in [-0.1, -0.05) is 47.0 Å². The van der Waals surface area contributed by atoms with Crippen LogP contribution < -0.4 is 0 Å². The van der Waals surface area contributed by atoms with E-state index in [0.717, 1.165) is 23.7 Å². The first-order valence-electron chi connectivity index (χ1n) is 6.05. The lowest BCUT2D eigenvalue weighted by atomic mass is 9.74. The SMILES string of the molecule is C[C@]1(O)CCCC[C@H]1Cc1ccccc1Br. The third-order valence-corrected chi connectivity index (χ3v) is 4.56. The quantitative estimate of drug-likeness (QED) is 0.871. The van der Waals surface area contributed by atoms with Gasteiger partial charge in [-0.2, -0.15) is 0 Å². The van der Waals surface area contributed by atoms with Crippen LogP contribution in [0, 0.1) is 5.92 Å². The summed E-state index contributed by atoms with van der Waals surface area (Å²) in [6.07, 6.45) is 5.50. The summed E-state index contributed by atoms with van der Waals surface area (Å²) < 4.78 is 1.16. The minimum absolute atomic E-state index is 0.403. The molecule has 1 aromatic rings. The normalized spacial score (nSPS) is 30.3. The molecule has 0 spiro atoms. The van der Waals surface area contributed by atoms with Crippen LogP contribution in [0.3, 0.4) is 0 Å². The zero-order valence-electron chi connectivity index (χ0n) is 9.75. The van der Waals surface area contributed by atoms with Crippen LogP contribution in [0.2, 0.25) is 0 Å². The van der Waals surface area contributed by atoms with Gasteiger partial charge in [0.15, 0.2) is 0 Å². The van der Waals surface area contributed by atoms with Crippen molar-refractivity contribution >= 4 is 15.9 Å². The fourth-order valence-electron chi connectivity index (χ4n) is 2.64. The summed E-state index contributed by atoms with van der Waals surface area (Å²) in [6, 6.07) is 8.33. The van der Waals surface area contributed by atoms with E-state index in [4.69, 9.17) is 0 Å². The van der Waals surface area contributed by atoms with Crippen LogP contribution in [0.25, 0.3) is 0 Å². The molecule has 0 amide bonds. The first-order chi connectivity index (χ1) is 7.59. The van der Waals surface area contributed by atoms with E-state index in [0.29, 0.717) is 5.92 Å². The summed E-state index contributed by atoms with van der Waals surface area (Å²) in [6.45, 7) is 1.99. The molecule has 0 heterocycles. The van der Waals surface area contributed by atoms with E-state index >= 15 is 0 Å². The van der Waals surface area contributed by atoms with E-state index in [1.165, 1.54) is 18.4 Å². The van der Waals surface area contributed by atoms with Crippen molar-refractivity contribution in [1.29, 1.82) is 0 Å².